The Kier molecular flexibility index (Phi) is 5.86. The molecule has 1 atom stereocenters. The number of hydrogen-bond donors (Lipinski definition) is 2. The van der Waals surface area contributed by atoms with Gasteiger partial charge in [0.2, 0.25) is 5.91 Å². The standard InChI is InChI=1S/C13H13Cl2NO3/c1-2-11(13(18)19)16-12(17)7-6-8-9(14)4-3-5-10(8)15/h3-7,11H,2H2,1H3,(H,16,17)(H,18,19)/t11-/m1/s1. The molecule has 1 rings (SSSR count). The van der Waals surface area contributed by atoms with Crippen LogP contribution in [0.5, 0.6) is 0 Å². The maximum absolute atomic E-state index is 11.6. The molecule has 0 aliphatic rings. The molecule has 0 fully saturated rings. The van der Waals surface area contributed by atoms with Crippen molar-refractivity contribution in [3.8, 4) is 0 Å². The van der Waals surface area contributed by atoms with E-state index in [0.717, 1.165) is 0 Å². The van der Waals surface area contributed by atoms with Crippen LogP contribution in [0.3, 0.4) is 0 Å². The molecule has 4 nitrogen and oxygen atoms in total. The first-order chi connectivity index (χ1) is 8.95. The van der Waals surface area contributed by atoms with Crippen molar-refractivity contribution >= 4 is 41.2 Å². The Morgan fingerprint density at radius 2 is 1.95 bits per heavy atom. The number of carbonyl (C=O) groups is 2. The monoisotopic (exact) mass is 301 g/mol. The summed E-state index contributed by atoms with van der Waals surface area (Å²) in [4.78, 5) is 22.3. The van der Waals surface area contributed by atoms with Gasteiger partial charge in [0.25, 0.3) is 0 Å². The molecule has 0 saturated heterocycles. The average Bonchev–Trinajstić information content (AvgIpc) is 2.35. The molecular weight excluding hydrogens is 289 g/mol. The lowest BCUT2D eigenvalue weighted by Gasteiger charge is -2.10. The molecule has 0 bridgehead atoms. The molecule has 0 aliphatic carbocycles. The fraction of sp³-hybridized carbons (Fsp3) is 0.231. The minimum atomic E-state index is -1.07. The van der Waals surface area contributed by atoms with Crippen molar-refractivity contribution in [2.24, 2.45) is 0 Å². The van der Waals surface area contributed by atoms with Crippen molar-refractivity contribution in [3.05, 3.63) is 39.9 Å². The van der Waals surface area contributed by atoms with Crippen molar-refractivity contribution in [2.75, 3.05) is 0 Å². The highest BCUT2D eigenvalue weighted by Gasteiger charge is 2.15. The van der Waals surface area contributed by atoms with Crippen LogP contribution in [-0.4, -0.2) is 23.0 Å². The fourth-order valence-electron chi connectivity index (χ4n) is 1.39. The number of halogens is 2. The first-order valence-corrected chi connectivity index (χ1v) is 6.36. The van der Waals surface area contributed by atoms with Crippen molar-refractivity contribution in [3.63, 3.8) is 0 Å². The van der Waals surface area contributed by atoms with Gasteiger partial charge in [-0.2, -0.15) is 0 Å². The lowest BCUT2D eigenvalue weighted by atomic mass is 10.2. The number of carboxylic acid groups (broad SMARTS) is 1. The van der Waals surface area contributed by atoms with Crippen molar-refractivity contribution < 1.29 is 14.7 Å². The number of hydrogen-bond acceptors (Lipinski definition) is 2. The Balaban J connectivity index is 2.76. The molecule has 0 spiro atoms. The van der Waals surface area contributed by atoms with E-state index in [0.29, 0.717) is 22.0 Å². The number of nitrogens with one attached hydrogen (secondary N) is 1. The van der Waals surface area contributed by atoms with Crippen LogP contribution in [0.2, 0.25) is 10.0 Å². The number of aliphatic carboxylic acids is 1. The molecule has 1 amide bonds. The van der Waals surface area contributed by atoms with Crippen LogP contribution in [0.4, 0.5) is 0 Å². The van der Waals surface area contributed by atoms with Gasteiger partial charge in [-0.05, 0) is 24.6 Å². The second kappa shape index (κ2) is 7.16. The van der Waals surface area contributed by atoms with E-state index < -0.39 is 17.9 Å². The maximum Gasteiger partial charge on any atom is 0.326 e. The van der Waals surface area contributed by atoms with Crippen molar-refractivity contribution in [1.29, 1.82) is 0 Å². The average molecular weight is 302 g/mol. The lowest BCUT2D eigenvalue weighted by Crippen LogP contribution is -2.39. The van der Waals surface area contributed by atoms with Crippen LogP contribution in [0.1, 0.15) is 18.9 Å². The molecule has 0 heterocycles. The zero-order valence-corrected chi connectivity index (χ0v) is 11.7. The SMILES string of the molecule is CC[C@@H](NC(=O)C=Cc1c(Cl)cccc1Cl)C(=O)O. The van der Waals surface area contributed by atoms with Gasteiger partial charge in [-0.15, -0.1) is 0 Å². The minimum Gasteiger partial charge on any atom is -0.480 e. The first kappa shape index (κ1) is 15.5. The van der Waals surface area contributed by atoms with Gasteiger partial charge in [0.1, 0.15) is 6.04 Å². The first-order valence-electron chi connectivity index (χ1n) is 5.61. The third kappa shape index (κ3) is 4.58. The van der Waals surface area contributed by atoms with E-state index in [2.05, 4.69) is 5.32 Å². The highest BCUT2D eigenvalue weighted by Crippen LogP contribution is 2.25. The van der Waals surface area contributed by atoms with Crippen LogP contribution in [0, 0.1) is 0 Å². The van der Waals surface area contributed by atoms with E-state index in [1.807, 2.05) is 0 Å². The molecule has 0 aliphatic heterocycles. The van der Waals surface area contributed by atoms with Gasteiger partial charge < -0.3 is 10.4 Å². The molecule has 0 saturated carbocycles. The zero-order chi connectivity index (χ0) is 14.4. The summed E-state index contributed by atoms with van der Waals surface area (Å²) in [6.07, 6.45) is 2.97. The topological polar surface area (TPSA) is 66.4 Å². The van der Waals surface area contributed by atoms with E-state index in [-0.39, 0.29) is 0 Å². The third-order valence-corrected chi connectivity index (χ3v) is 3.08. The summed E-state index contributed by atoms with van der Waals surface area (Å²) >= 11 is 11.9. The Labute approximate surface area is 121 Å². The molecule has 2 N–H and O–H groups in total. The van der Waals surface area contributed by atoms with E-state index in [4.69, 9.17) is 28.3 Å². The fourth-order valence-corrected chi connectivity index (χ4v) is 1.91. The van der Waals surface area contributed by atoms with E-state index >= 15 is 0 Å². The summed E-state index contributed by atoms with van der Waals surface area (Å²) in [7, 11) is 0. The van der Waals surface area contributed by atoms with E-state index in [1.165, 1.54) is 12.2 Å². The Bertz CT molecular complexity index is 494. The van der Waals surface area contributed by atoms with Gasteiger partial charge in [-0.3, -0.25) is 4.79 Å². The molecule has 1 aromatic rings. The second-order valence-electron chi connectivity index (χ2n) is 3.78. The van der Waals surface area contributed by atoms with Crippen LogP contribution < -0.4 is 5.32 Å². The van der Waals surface area contributed by atoms with Crippen LogP contribution in [0.15, 0.2) is 24.3 Å². The molecule has 0 aromatic heterocycles. The summed E-state index contributed by atoms with van der Waals surface area (Å²) < 4.78 is 0. The van der Waals surface area contributed by atoms with Crippen LogP contribution >= 0.6 is 23.2 Å². The van der Waals surface area contributed by atoms with Crippen LogP contribution in [-0.2, 0) is 9.59 Å². The maximum atomic E-state index is 11.6. The molecule has 19 heavy (non-hydrogen) atoms. The van der Waals surface area contributed by atoms with Gasteiger partial charge >= 0.3 is 5.97 Å². The highest BCUT2D eigenvalue weighted by atomic mass is 35.5. The van der Waals surface area contributed by atoms with Gasteiger partial charge in [-0.1, -0.05) is 36.2 Å². The number of rotatable bonds is 5. The smallest absolute Gasteiger partial charge is 0.326 e. The lowest BCUT2D eigenvalue weighted by molar-refractivity contribution is -0.141. The zero-order valence-electron chi connectivity index (χ0n) is 10.2. The van der Waals surface area contributed by atoms with E-state index in [9.17, 15) is 9.59 Å². The highest BCUT2D eigenvalue weighted by molar-refractivity contribution is 6.37. The quantitative estimate of drug-likeness (QED) is 0.822. The molecular formula is C13H13Cl2NO3. The number of benzene rings is 1. The third-order valence-electron chi connectivity index (χ3n) is 2.42. The Morgan fingerprint density at radius 1 is 1.37 bits per heavy atom. The summed E-state index contributed by atoms with van der Waals surface area (Å²) in [6, 6.07) is 4.09. The number of amides is 1. The van der Waals surface area contributed by atoms with Crippen molar-refractivity contribution in [2.45, 2.75) is 19.4 Å². The number of carbonyl (C=O) groups excluding carboxylic acids is 1. The number of carboxylic acids is 1. The second-order valence-corrected chi connectivity index (χ2v) is 4.59. The summed E-state index contributed by atoms with van der Waals surface area (Å²) in [5, 5.41) is 12.0. The normalized spacial score (nSPS) is 12.4. The predicted molar refractivity (Wildman–Crippen MR) is 75.4 cm³/mol. The molecule has 102 valence electrons. The predicted octanol–water partition coefficient (Wildman–Crippen LogP) is 2.99. The molecule has 1 aromatic carbocycles. The van der Waals surface area contributed by atoms with Crippen LogP contribution in [0.25, 0.3) is 6.08 Å². The minimum absolute atomic E-state index is 0.307. The Morgan fingerprint density at radius 3 is 2.42 bits per heavy atom. The van der Waals surface area contributed by atoms with Gasteiger partial charge in [-0.25, -0.2) is 4.79 Å². The van der Waals surface area contributed by atoms with E-state index in [1.54, 1.807) is 25.1 Å². The van der Waals surface area contributed by atoms with Gasteiger partial charge in [0, 0.05) is 21.7 Å². The van der Waals surface area contributed by atoms with Gasteiger partial charge in [0.15, 0.2) is 0 Å². The molecule has 0 radical (unpaired) electrons. The molecule has 0 unspecified atom stereocenters. The van der Waals surface area contributed by atoms with Gasteiger partial charge in [0.05, 0.1) is 0 Å². The summed E-state index contributed by atoms with van der Waals surface area (Å²) in [6.45, 7) is 1.67. The molecule has 6 heteroatoms. The summed E-state index contributed by atoms with van der Waals surface area (Å²) in [5.74, 6) is -1.58. The summed E-state index contributed by atoms with van der Waals surface area (Å²) in [5.41, 5.74) is 0.518. The Hall–Kier alpha value is -1.52. The largest absolute Gasteiger partial charge is 0.480 e. The van der Waals surface area contributed by atoms with Crippen molar-refractivity contribution in [1.82, 2.24) is 5.32 Å².